The van der Waals surface area contributed by atoms with Crippen molar-refractivity contribution in [1.29, 1.82) is 0 Å². The molecular formula is C57H77N11O9S. The first-order chi connectivity index (χ1) is 37.8. The Morgan fingerprint density at radius 2 is 1.56 bits per heavy atom. The van der Waals surface area contributed by atoms with E-state index in [1.54, 1.807) is 29.5 Å². The van der Waals surface area contributed by atoms with E-state index in [0.29, 0.717) is 55.1 Å². The molecule has 21 heteroatoms. The number of morpholine rings is 1. The maximum Gasteiger partial charge on any atom is 0.254 e. The minimum Gasteiger partial charge on any atom is -0.507 e. The predicted molar refractivity (Wildman–Crippen MR) is 296 cm³/mol. The maximum absolute atomic E-state index is 14.2. The standard InChI is InChI=1S/C57H77N11O9S/c1-37(2)52(56(72)68-34-42(69)29-48(68)55(71)60-38(3)40-9-11-41(12-10-40)53-39(4)59-36-78-53)50-33-51(63-77-50)75-27-22-65-19-17-64(18-20-65)21-25-73-43-30-44(31-43)74-26-23-66-24-28-76-57(35-66)13-15-67(16-14-57)47-32-46(61-62-54(47)58)45-7-5-6-8-49(45)70/h5-12,32-33,36-38,42-44,48,52,69-70H,13-31,34-35H2,1-4H3,(H2,58,62)(H,60,71)/t38-,42+,43-,44-,48-,52?/m0/s1. The van der Waals surface area contributed by atoms with Crippen LogP contribution in [-0.4, -0.2) is 197 Å². The van der Waals surface area contributed by atoms with E-state index in [1.165, 1.54) is 4.90 Å². The quantitative estimate of drug-likeness (QED) is 0.0725. The zero-order valence-electron chi connectivity index (χ0n) is 45.5. The summed E-state index contributed by atoms with van der Waals surface area (Å²) in [5.74, 6) is -0.238. The highest BCUT2D eigenvalue weighted by Gasteiger charge is 2.44. The fourth-order valence-electron chi connectivity index (χ4n) is 11.6. The number of aromatic hydroxyl groups is 1. The van der Waals surface area contributed by atoms with E-state index in [1.807, 2.05) is 75.7 Å². The minimum absolute atomic E-state index is 0.0592. The van der Waals surface area contributed by atoms with Crippen LogP contribution in [0.4, 0.5) is 11.5 Å². The van der Waals surface area contributed by atoms with Gasteiger partial charge >= 0.3 is 0 Å². The Kier molecular flexibility index (Phi) is 17.9. The van der Waals surface area contributed by atoms with Crippen LogP contribution in [0, 0.1) is 12.8 Å². The van der Waals surface area contributed by atoms with Gasteiger partial charge < -0.3 is 54.5 Å². The van der Waals surface area contributed by atoms with E-state index in [2.05, 4.69) is 45.3 Å². The molecule has 420 valence electrons. The van der Waals surface area contributed by atoms with E-state index < -0.39 is 18.1 Å². The number of rotatable bonds is 21. The van der Waals surface area contributed by atoms with Crippen LogP contribution >= 0.6 is 11.3 Å². The van der Waals surface area contributed by atoms with E-state index in [-0.39, 0.29) is 60.3 Å². The summed E-state index contributed by atoms with van der Waals surface area (Å²) >= 11 is 1.59. The van der Waals surface area contributed by atoms with Gasteiger partial charge in [0.15, 0.2) is 11.6 Å². The molecule has 1 unspecified atom stereocenters. The number of para-hydroxylation sites is 1. The Hall–Kier alpha value is -5.78. The summed E-state index contributed by atoms with van der Waals surface area (Å²) in [6.07, 6.45) is 3.46. The number of nitrogens with zero attached hydrogens (tertiary/aromatic N) is 9. The van der Waals surface area contributed by atoms with Gasteiger partial charge in [0.25, 0.3) is 5.88 Å². The summed E-state index contributed by atoms with van der Waals surface area (Å²) in [5, 5.41) is 36.8. The second kappa shape index (κ2) is 25.1. The normalized spacial score (nSPS) is 22.9. The number of phenols is 1. The van der Waals surface area contributed by atoms with Crippen LogP contribution in [0.5, 0.6) is 11.6 Å². The number of piperazine rings is 1. The van der Waals surface area contributed by atoms with Crippen LogP contribution < -0.4 is 20.7 Å². The number of carbonyl (C=O) groups excluding carboxylic acids is 2. The summed E-state index contributed by atoms with van der Waals surface area (Å²) in [4.78, 5) is 44.5. The van der Waals surface area contributed by atoms with Crippen molar-refractivity contribution in [3.05, 3.63) is 83.2 Å². The number of hydrogen-bond donors (Lipinski definition) is 4. The smallest absolute Gasteiger partial charge is 0.254 e. The van der Waals surface area contributed by atoms with Crippen LogP contribution in [0.1, 0.15) is 81.9 Å². The van der Waals surface area contributed by atoms with Crippen molar-refractivity contribution < 1.29 is 43.3 Å². The summed E-state index contributed by atoms with van der Waals surface area (Å²) < 4.78 is 30.8. The average molecular weight is 1090 g/mol. The monoisotopic (exact) mass is 1090 g/mol. The number of aryl methyl sites for hydroxylation is 1. The van der Waals surface area contributed by atoms with Crippen LogP contribution in [-0.2, 0) is 23.8 Å². The first kappa shape index (κ1) is 55.5. The maximum atomic E-state index is 14.2. The van der Waals surface area contributed by atoms with Gasteiger partial charge in [-0.3, -0.25) is 24.3 Å². The SMILES string of the molecule is Cc1ncsc1-c1ccc([C@H](C)NC(=O)[C@@H]2C[C@@H](O)CN2C(=O)C(c2cc(OCCN3CCN(CCO[C@H]4C[C@H](OCCN5CCOC6(CCN(c7cc(-c8ccccc8O)nnc7N)CC6)C5)C4)CC3)no2)C(C)C)cc1. The molecule has 0 bridgehead atoms. The van der Waals surface area contributed by atoms with Crippen molar-refractivity contribution in [3.8, 4) is 33.3 Å². The number of phenolic OH excluding ortho intramolecular Hbond substituents is 1. The van der Waals surface area contributed by atoms with Gasteiger partial charge in [0, 0.05) is 96.6 Å². The number of nitrogen functional groups attached to an aromatic ring is 1. The molecule has 1 saturated carbocycles. The van der Waals surface area contributed by atoms with Gasteiger partial charge in [0.05, 0.1) is 77.2 Å². The second-order valence-electron chi connectivity index (χ2n) is 22.1. The number of aliphatic hydroxyl groups excluding tert-OH is 1. The number of carbonyl (C=O) groups is 2. The molecule has 4 atom stereocenters. The molecule has 3 aromatic heterocycles. The second-order valence-corrected chi connectivity index (χ2v) is 23.0. The van der Waals surface area contributed by atoms with Crippen LogP contribution in [0.15, 0.2) is 70.7 Å². The number of nitrogens with one attached hydrogen (secondary N) is 1. The number of aromatic nitrogens is 4. The van der Waals surface area contributed by atoms with Crippen LogP contribution in [0.25, 0.3) is 21.7 Å². The third-order valence-electron chi connectivity index (χ3n) is 16.4. The number of thiazole rings is 1. The minimum atomic E-state index is -0.822. The Morgan fingerprint density at radius 3 is 2.24 bits per heavy atom. The fraction of sp³-hybridized carbons (Fsp3) is 0.579. The molecule has 1 spiro atoms. The van der Waals surface area contributed by atoms with E-state index >= 15 is 0 Å². The van der Waals surface area contributed by atoms with Crippen molar-refractivity contribution in [1.82, 2.24) is 45.3 Å². The van der Waals surface area contributed by atoms with Gasteiger partial charge in [-0.05, 0) is 79.9 Å². The average Bonchev–Trinajstić information content (AvgIpc) is 4.22. The predicted octanol–water partition coefficient (Wildman–Crippen LogP) is 5.36. The largest absolute Gasteiger partial charge is 0.507 e. The Balaban J connectivity index is 0.583. The van der Waals surface area contributed by atoms with Crippen LogP contribution in [0.3, 0.4) is 0 Å². The highest BCUT2D eigenvalue weighted by Crippen LogP contribution is 2.38. The summed E-state index contributed by atoms with van der Waals surface area (Å²) in [6, 6.07) is 17.7. The van der Waals surface area contributed by atoms with Gasteiger partial charge in [-0.1, -0.05) is 50.2 Å². The number of hydrogen-bond acceptors (Lipinski definition) is 19. The molecule has 0 radical (unpaired) electrons. The van der Waals surface area contributed by atoms with Crippen molar-refractivity contribution in [2.45, 2.75) is 102 Å². The van der Waals surface area contributed by atoms with Crippen molar-refractivity contribution in [2.75, 3.05) is 116 Å². The van der Waals surface area contributed by atoms with E-state index in [9.17, 15) is 19.8 Å². The molecule has 20 nitrogen and oxygen atoms in total. The zero-order valence-corrected chi connectivity index (χ0v) is 46.3. The van der Waals surface area contributed by atoms with Crippen molar-refractivity contribution in [3.63, 3.8) is 0 Å². The molecule has 10 rings (SSSR count). The van der Waals surface area contributed by atoms with Gasteiger partial charge in [-0.25, -0.2) is 4.98 Å². The molecule has 1 aliphatic carbocycles. The number of piperidine rings is 1. The summed E-state index contributed by atoms with van der Waals surface area (Å²) in [5.41, 5.74) is 13.0. The number of nitrogens with two attached hydrogens (primary N) is 1. The summed E-state index contributed by atoms with van der Waals surface area (Å²) in [7, 11) is 0. The fourth-order valence-corrected chi connectivity index (χ4v) is 12.5. The van der Waals surface area contributed by atoms with Gasteiger partial charge in [0.2, 0.25) is 11.8 Å². The lowest BCUT2D eigenvalue weighted by Crippen LogP contribution is -2.57. The number of anilines is 2. The number of amides is 2. The Bertz CT molecular complexity index is 2780. The number of benzene rings is 2. The Labute approximate surface area is 461 Å². The topological polar surface area (TPSA) is 230 Å². The van der Waals surface area contributed by atoms with Crippen molar-refractivity contribution >= 4 is 34.7 Å². The van der Waals surface area contributed by atoms with Gasteiger partial charge in [0.1, 0.15) is 24.3 Å². The third-order valence-corrected chi connectivity index (χ3v) is 17.4. The van der Waals surface area contributed by atoms with Gasteiger partial charge in [-0.2, -0.15) is 0 Å². The molecular weight excluding hydrogens is 1010 g/mol. The zero-order chi connectivity index (χ0) is 54.3. The molecule has 4 aliphatic heterocycles. The van der Waals surface area contributed by atoms with E-state index in [4.69, 9.17) is 29.2 Å². The van der Waals surface area contributed by atoms with Crippen molar-refractivity contribution in [2.24, 2.45) is 5.92 Å². The molecule has 7 heterocycles. The molecule has 2 aromatic carbocycles. The van der Waals surface area contributed by atoms with Gasteiger partial charge in [-0.15, -0.1) is 21.5 Å². The lowest BCUT2D eigenvalue weighted by molar-refractivity contribution is -0.141. The Morgan fingerprint density at radius 1 is 0.872 bits per heavy atom. The highest BCUT2D eigenvalue weighted by molar-refractivity contribution is 7.13. The molecule has 5 aliphatic rings. The lowest BCUT2D eigenvalue weighted by Gasteiger charge is -2.48. The van der Waals surface area contributed by atoms with Crippen LogP contribution in [0.2, 0.25) is 0 Å². The number of aliphatic hydroxyl groups is 1. The number of β-amino-alcohol motifs (C(OH)–C–C–N with tert-alkyl or cyclic N) is 1. The molecule has 5 fully saturated rings. The molecule has 2 amide bonds. The molecule has 5 N–H and O–H groups in total. The molecule has 78 heavy (non-hydrogen) atoms. The molecule has 5 aromatic rings. The number of likely N-dealkylation sites (tertiary alicyclic amines) is 1. The highest BCUT2D eigenvalue weighted by atomic mass is 32.1. The molecule has 4 saturated heterocycles. The first-order valence-electron chi connectivity index (χ1n) is 27.9. The third kappa shape index (κ3) is 13.3. The first-order valence-corrected chi connectivity index (χ1v) is 28.8. The lowest BCUT2D eigenvalue weighted by atomic mass is 9.89. The summed E-state index contributed by atoms with van der Waals surface area (Å²) in [6.45, 7) is 20.0. The van der Waals surface area contributed by atoms with E-state index in [0.717, 1.165) is 125 Å². The number of ether oxygens (including phenoxy) is 4.